The summed E-state index contributed by atoms with van der Waals surface area (Å²) in [6.45, 7) is 4.15. The van der Waals surface area contributed by atoms with E-state index in [1.54, 1.807) is 19.2 Å². The van der Waals surface area contributed by atoms with Crippen molar-refractivity contribution in [2.24, 2.45) is 29.6 Å². The van der Waals surface area contributed by atoms with Gasteiger partial charge in [0.2, 0.25) is 0 Å². The maximum atomic E-state index is 13.6. The molecule has 1 saturated heterocycles. The van der Waals surface area contributed by atoms with Gasteiger partial charge in [0.15, 0.2) is 0 Å². The molecular weight excluding hydrogens is 459 g/mol. The first-order valence-electron chi connectivity index (χ1n) is 13.0. The van der Waals surface area contributed by atoms with Gasteiger partial charge in [0.25, 0.3) is 0 Å². The molecule has 36 heavy (non-hydrogen) atoms. The lowest BCUT2D eigenvalue weighted by molar-refractivity contribution is -0.144. The summed E-state index contributed by atoms with van der Waals surface area (Å²) >= 11 is 0. The van der Waals surface area contributed by atoms with Crippen LogP contribution < -0.4 is 5.32 Å². The quantitative estimate of drug-likeness (QED) is 0.548. The lowest BCUT2D eigenvalue weighted by Crippen LogP contribution is -2.48. The summed E-state index contributed by atoms with van der Waals surface area (Å²) in [6, 6.07) is 10.4. The second kappa shape index (κ2) is 10.4. The van der Waals surface area contributed by atoms with E-state index in [1.807, 2.05) is 31.2 Å². The van der Waals surface area contributed by atoms with Gasteiger partial charge in [-0.2, -0.15) is 0 Å². The molecule has 1 amide bonds. The van der Waals surface area contributed by atoms with E-state index in [-0.39, 0.29) is 47.8 Å². The minimum absolute atomic E-state index is 0.0679. The maximum Gasteiger partial charge on any atom is 0.407 e. The number of nitrogens with one attached hydrogen (secondary N) is 1. The van der Waals surface area contributed by atoms with Gasteiger partial charge in [-0.15, -0.1) is 0 Å². The van der Waals surface area contributed by atoms with Crippen molar-refractivity contribution in [3.63, 3.8) is 0 Å². The second-order valence-corrected chi connectivity index (χ2v) is 10.3. The summed E-state index contributed by atoms with van der Waals surface area (Å²) in [4.78, 5) is 29.2. The zero-order valence-corrected chi connectivity index (χ0v) is 20.7. The zero-order chi connectivity index (χ0) is 25.2. The van der Waals surface area contributed by atoms with Crippen LogP contribution in [0, 0.1) is 35.4 Å². The number of alkyl carbamates (subject to hydrolysis) is 1. The molecule has 2 aromatic rings. The van der Waals surface area contributed by atoms with Gasteiger partial charge in [-0.3, -0.25) is 9.78 Å². The second-order valence-electron chi connectivity index (χ2n) is 10.3. The highest BCUT2D eigenvalue weighted by molar-refractivity contribution is 5.75. The summed E-state index contributed by atoms with van der Waals surface area (Å²) in [5, 5.41) is 3.00. The number of pyridine rings is 1. The summed E-state index contributed by atoms with van der Waals surface area (Å²) in [5.74, 6) is 0.629. The molecule has 2 aliphatic carbocycles. The van der Waals surface area contributed by atoms with Crippen LogP contribution in [0.5, 0.6) is 0 Å². The van der Waals surface area contributed by atoms with E-state index >= 15 is 0 Å². The predicted octanol–water partition coefficient (Wildman–Crippen LogP) is 5.63. The van der Waals surface area contributed by atoms with E-state index in [1.165, 1.54) is 12.1 Å². The number of carbonyl (C=O) groups is 2. The molecule has 2 saturated carbocycles. The molecule has 6 nitrogen and oxygen atoms in total. The number of benzene rings is 1. The Bertz CT molecular complexity index is 1130. The van der Waals surface area contributed by atoms with Crippen molar-refractivity contribution in [3.05, 3.63) is 60.2 Å². The van der Waals surface area contributed by atoms with Crippen molar-refractivity contribution in [1.82, 2.24) is 10.3 Å². The van der Waals surface area contributed by atoms with Gasteiger partial charge in [-0.05, 0) is 87.1 Å². The number of allylic oxidation sites excluding steroid dienone is 1. The van der Waals surface area contributed by atoms with Crippen molar-refractivity contribution in [2.75, 3.05) is 6.61 Å². The van der Waals surface area contributed by atoms with Crippen LogP contribution in [-0.4, -0.2) is 35.8 Å². The molecule has 5 rings (SSSR count). The number of halogens is 1. The monoisotopic (exact) mass is 492 g/mol. The van der Waals surface area contributed by atoms with E-state index in [4.69, 9.17) is 9.47 Å². The van der Waals surface area contributed by atoms with Crippen LogP contribution in [0.25, 0.3) is 17.2 Å². The molecule has 0 bridgehead atoms. The average Bonchev–Trinajstić information content (AvgIpc) is 3.15. The number of aromatic nitrogens is 1. The highest BCUT2D eigenvalue weighted by Crippen LogP contribution is 2.53. The first kappa shape index (κ1) is 24.5. The fourth-order valence-corrected chi connectivity index (χ4v) is 6.64. The molecule has 1 aromatic heterocycles. The molecule has 1 aromatic carbocycles. The van der Waals surface area contributed by atoms with E-state index in [2.05, 4.69) is 16.4 Å². The summed E-state index contributed by atoms with van der Waals surface area (Å²) < 4.78 is 24.3. The van der Waals surface area contributed by atoms with Crippen LogP contribution in [0.3, 0.4) is 0 Å². The lowest BCUT2D eigenvalue weighted by Gasteiger charge is -2.47. The van der Waals surface area contributed by atoms with Gasteiger partial charge in [-0.25, -0.2) is 9.18 Å². The third-order valence-electron chi connectivity index (χ3n) is 8.18. The fraction of sp³-hybridized carbons (Fsp3) is 0.483. The Morgan fingerprint density at radius 3 is 2.83 bits per heavy atom. The SMILES string of the molecule is CCOC(=O)N[C@H]1CC[C@H]2C(C=Cc3ccc(-c4cccc(F)c4)cn3)[C@@H]3[C@H](C)OC(=O)[C@@H]3C[C@H]2C1. The van der Waals surface area contributed by atoms with Crippen LogP contribution in [0.4, 0.5) is 9.18 Å². The fourth-order valence-electron chi connectivity index (χ4n) is 6.64. The number of fused-ring (bicyclic) bond motifs is 2. The van der Waals surface area contributed by atoms with Crippen LogP contribution in [0.1, 0.15) is 45.2 Å². The van der Waals surface area contributed by atoms with Crippen LogP contribution >= 0.6 is 0 Å². The Hall–Kier alpha value is -3.22. The van der Waals surface area contributed by atoms with Crippen molar-refractivity contribution in [3.8, 4) is 11.1 Å². The minimum Gasteiger partial charge on any atom is -0.462 e. The predicted molar refractivity (Wildman–Crippen MR) is 134 cm³/mol. The number of carbonyl (C=O) groups excluding carboxylic acids is 2. The highest BCUT2D eigenvalue weighted by atomic mass is 19.1. The highest BCUT2D eigenvalue weighted by Gasteiger charge is 2.54. The minimum atomic E-state index is -0.368. The Labute approximate surface area is 211 Å². The number of hydrogen-bond acceptors (Lipinski definition) is 5. The normalized spacial score (nSPS) is 31.4. The first-order chi connectivity index (χ1) is 17.4. The molecule has 7 atom stereocenters. The summed E-state index contributed by atoms with van der Waals surface area (Å²) in [6.07, 6.45) is 9.07. The standard InChI is InChI=1S/C29H33FN2O4/c1-3-35-29(34)32-23-10-11-24-20(14-23)15-26-27(17(2)36-28(26)33)25(24)12-9-22-8-7-19(16-31-22)18-5-4-6-21(30)13-18/h4-9,12-13,16-17,20,23-27H,3,10-11,14-15H2,1-2H3,(H,32,34)/t17-,20+,23-,24+,25?,26+,27-/m0/s1. The number of cyclic esters (lactones) is 1. The number of amides is 1. The van der Waals surface area contributed by atoms with E-state index in [0.29, 0.717) is 18.4 Å². The van der Waals surface area contributed by atoms with E-state index < -0.39 is 0 Å². The topological polar surface area (TPSA) is 77.5 Å². The molecule has 0 radical (unpaired) electrons. The van der Waals surface area contributed by atoms with Crippen molar-refractivity contribution >= 4 is 18.1 Å². The number of hydrogen-bond donors (Lipinski definition) is 1. The van der Waals surface area contributed by atoms with E-state index in [0.717, 1.165) is 42.5 Å². The number of nitrogens with zero attached hydrogens (tertiary/aromatic N) is 1. The zero-order valence-electron chi connectivity index (χ0n) is 20.7. The van der Waals surface area contributed by atoms with Crippen LogP contribution in [-0.2, 0) is 14.3 Å². The Kier molecular flexibility index (Phi) is 7.08. The van der Waals surface area contributed by atoms with Gasteiger partial charge in [0.05, 0.1) is 18.2 Å². The van der Waals surface area contributed by atoms with Crippen molar-refractivity contribution in [1.29, 1.82) is 0 Å². The van der Waals surface area contributed by atoms with Crippen LogP contribution in [0.2, 0.25) is 0 Å². The number of rotatable bonds is 5. The van der Waals surface area contributed by atoms with Gasteiger partial charge in [-0.1, -0.05) is 24.3 Å². The third-order valence-corrected chi connectivity index (χ3v) is 8.18. The largest absolute Gasteiger partial charge is 0.462 e. The number of esters is 1. The van der Waals surface area contributed by atoms with Gasteiger partial charge in [0.1, 0.15) is 11.9 Å². The molecule has 0 spiro atoms. The van der Waals surface area contributed by atoms with Crippen molar-refractivity contribution < 1.29 is 23.5 Å². The Morgan fingerprint density at radius 2 is 2.08 bits per heavy atom. The van der Waals surface area contributed by atoms with Gasteiger partial charge in [0, 0.05) is 23.7 Å². The molecule has 7 heteroatoms. The molecule has 3 aliphatic rings. The summed E-state index contributed by atoms with van der Waals surface area (Å²) in [5.41, 5.74) is 2.48. The smallest absolute Gasteiger partial charge is 0.407 e. The molecule has 1 unspecified atom stereocenters. The Balaban J connectivity index is 1.34. The first-order valence-corrected chi connectivity index (χ1v) is 13.0. The molecule has 190 valence electrons. The van der Waals surface area contributed by atoms with Crippen molar-refractivity contribution in [2.45, 2.75) is 51.7 Å². The van der Waals surface area contributed by atoms with E-state index in [9.17, 15) is 14.0 Å². The van der Waals surface area contributed by atoms with Crippen LogP contribution in [0.15, 0.2) is 48.7 Å². The molecule has 1 N–H and O–H groups in total. The molecule has 1 aliphatic heterocycles. The van der Waals surface area contributed by atoms with Gasteiger partial charge < -0.3 is 14.8 Å². The average molecular weight is 493 g/mol. The number of ether oxygens (including phenoxy) is 2. The third kappa shape index (κ3) is 5.01. The summed E-state index contributed by atoms with van der Waals surface area (Å²) in [7, 11) is 0. The Morgan fingerprint density at radius 1 is 1.22 bits per heavy atom. The van der Waals surface area contributed by atoms with Gasteiger partial charge >= 0.3 is 12.1 Å². The lowest BCUT2D eigenvalue weighted by atomic mass is 9.57. The maximum absolute atomic E-state index is 13.6. The molecular formula is C29H33FN2O4. The molecule has 2 heterocycles. The molecule has 3 fully saturated rings.